The summed E-state index contributed by atoms with van der Waals surface area (Å²) in [6, 6.07) is 6.27. The van der Waals surface area contributed by atoms with E-state index in [-0.39, 0.29) is 18.7 Å². The molecule has 0 amide bonds. The minimum absolute atomic E-state index is 0. The molecule has 1 N–H and O–H groups in total. The third-order valence-electron chi connectivity index (χ3n) is 6.18. The maximum Gasteiger partial charge on any atom is 0.252 e. The Morgan fingerprint density at radius 3 is 2.69 bits per heavy atom. The Morgan fingerprint density at radius 2 is 2.00 bits per heavy atom. The Labute approximate surface area is 188 Å². The molecule has 3 aromatic heterocycles. The lowest BCUT2D eigenvalue weighted by atomic mass is 9.97. The zero-order valence-corrected chi connectivity index (χ0v) is 18.0. The van der Waals surface area contributed by atoms with Crippen molar-refractivity contribution in [2.24, 2.45) is 0 Å². The fourth-order valence-electron chi connectivity index (χ4n) is 4.61. The number of ketones is 1. The summed E-state index contributed by atoms with van der Waals surface area (Å²) in [4.78, 5) is 28.9. The van der Waals surface area contributed by atoms with E-state index in [1.54, 1.807) is 4.68 Å². The van der Waals surface area contributed by atoms with E-state index in [0.29, 0.717) is 6.54 Å². The van der Waals surface area contributed by atoms with E-state index in [0.717, 1.165) is 55.3 Å². The molecule has 0 unspecified atom stereocenters. The standard InChI is InChI=1S/C24H28N4O3.CH4/c1-3-4-5-8-19-10-9-18-11-14-28(23(18)25-19)24(12-6-7-13-24)16-27-15-20(30)22(31)21(26-27)17(2)29;/h3-4,9-11,14-15,30H,5-8,12-13,16H2,1-2H3;1H4/b4-3+;. The van der Waals surface area contributed by atoms with Crippen LogP contribution in [0.25, 0.3) is 11.0 Å². The predicted molar refractivity (Wildman–Crippen MR) is 126 cm³/mol. The molecular formula is C25H32N4O3. The predicted octanol–water partition coefficient (Wildman–Crippen LogP) is 4.62. The van der Waals surface area contributed by atoms with Gasteiger partial charge in [0, 0.05) is 24.2 Å². The summed E-state index contributed by atoms with van der Waals surface area (Å²) in [5, 5.41) is 15.4. The molecule has 7 nitrogen and oxygen atoms in total. The van der Waals surface area contributed by atoms with E-state index < -0.39 is 17.0 Å². The van der Waals surface area contributed by atoms with E-state index in [9.17, 15) is 14.7 Å². The third kappa shape index (κ3) is 4.38. The summed E-state index contributed by atoms with van der Waals surface area (Å²) < 4.78 is 3.78. The second kappa shape index (κ2) is 9.51. The van der Waals surface area contributed by atoms with Gasteiger partial charge in [-0.05, 0) is 50.8 Å². The molecule has 0 aromatic carbocycles. The molecule has 3 aromatic rings. The van der Waals surface area contributed by atoms with Crippen LogP contribution in [0.5, 0.6) is 5.75 Å². The lowest BCUT2D eigenvalue weighted by Gasteiger charge is -2.32. The number of aromatic nitrogens is 4. The number of pyridine rings is 1. The van der Waals surface area contributed by atoms with Gasteiger partial charge < -0.3 is 9.67 Å². The number of hydrogen-bond donors (Lipinski definition) is 1. The van der Waals surface area contributed by atoms with Gasteiger partial charge in [-0.25, -0.2) is 4.98 Å². The van der Waals surface area contributed by atoms with Gasteiger partial charge in [-0.3, -0.25) is 14.3 Å². The number of fused-ring (bicyclic) bond motifs is 1. The van der Waals surface area contributed by atoms with Crippen LogP contribution in [0, 0.1) is 0 Å². The lowest BCUT2D eigenvalue weighted by Crippen LogP contribution is -2.36. The van der Waals surface area contributed by atoms with Crippen molar-refractivity contribution in [1.29, 1.82) is 0 Å². The molecular weight excluding hydrogens is 404 g/mol. The van der Waals surface area contributed by atoms with Crippen molar-refractivity contribution in [3.63, 3.8) is 0 Å². The summed E-state index contributed by atoms with van der Waals surface area (Å²) in [5.41, 5.74) is 0.769. The zero-order valence-electron chi connectivity index (χ0n) is 18.0. The van der Waals surface area contributed by atoms with Crippen molar-refractivity contribution >= 4 is 16.8 Å². The van der Waals surface area contributed by atoms with Crippen molar-refractivity contribution in [2.75, 3.05) is 0 Å². The first kappa shape index (κ1) is 23.4. The van der Waals surface area contributed by atoms with Crippen LogP contribution in [0.15, 0.2) is 47.5 Å². The summed E-state index contributed by atoms with van der Waals surface area (Å²) in [6.45, 7) is 3.76. The monoisotopic (exact) mass is 436 g/mol. The molecule has 1 saturated carbocycles. The van der Waals surface area contributed by atoms with E-state index >= 15 is 0 Å². The molecule has 1 fully saturated rings. The van der Waals surface area contributed by atoms with Crippen LogP contribution in [0.2, 0.25) is 0 Å². The maximum absolute atomic E-state index is 12.1. The lowest BCUT2D eigenvalue weighted by molar-refractivity contribution is 0.100. The van der Waals surface area contributed by atoms with Gasteiger partial charge in [0.2, 0.25) is 0 Å². The van der Waals surface area contributed by atoms with Gasteiger partial charge in [0.1, 0.15) is 5.65 Å². The van der Waals surface area contributed by atoms with Gasteiger partial charge >= 0.3 is 0 Å². The van der Waals surface area contributed by atoms with Crippen LogP contribution < -0.4 is 5.43 Å². The highest BCUT2D eigenvalue weighted by Gasteiger charge is 2.37. The van der Waals surface area contributed by atoms with Crippen LogP contribution >= 0.6 is 0 Å². The Kier molecular flexibility index (Phi) is 6.96. The molecule has 32 heavy (non-hydrogen) atoms. The van der Waals surface area contributed by atoms with Crippen molar-refractivity contribution in [3.8, 4) is 5.75 Å². The number of aryl methyl sites for hydroxylation is 1. The summed E-state index contributed by atoms with van der Waals surface area (Å²) >= 11 is 0. The minimum atomic E-state index is -0.719. The van der Waals surface area contributed by atoms with Gasteiger partial charge in [0.05, 0.1) is 18.3 Å². The molecule has 1 aliphatic carbocycles. The van der Waals surface area contributed by atoms with Crippen LogP contribution in [-0.2, 0) is 18.5 Å². The Hall–Kier alpha value is -3.22. The van der Waals surface area contributed by atoms with Crippen LogP contribution in [-0.4, -0.2) is 30.2 Å². The van der Waals surface area contributed by atoms with Gasteiger partial charge in [0.15, 0.2) is 17.2 Å². The van der Waals surface area contributed by atoms with Crippen LogP contribution in [0.3, 0.4) is 0 Å². The number of carbonyl (C=O) groups is 1. The first-order chi connectivity index (χ1) is 14.9. The van der Waals surface area contributed by atoms with Crippen molar-refractivity contribution in [1.82, 2.24) is 19.3 Å². The molecule has 0 bridgehead atoms. The average Bonchev–Trinajstić information content (AvgIpc) is 3.38. The molecule has 7 heteroatoms. The third-order valence-corrected chi connectivity index (χ3v) is 6.18. The van der Waals surface area contributed by atoms with Gasteiger partial charge in [-0.2, -0.15) is 5.10 Å². The fourth-order valence-corrected chi connectivity index (χ4v) is 4.61. The smallest absolute Gasteiger partial charge is 0.252 e. The Bertz CT molecular complexity index is 1200. The van der Waals surface area contributed by atoms with Crippen molar-refractivity contribution in [3.05, 3.63) is 64.4 Å². The normalized spacial score (nSPS) is 15.3. The highest BCUT2D eigenvalue weighted by atomic mass is 16.3. The van der Waals surface area contributed by atoms with Gasteiger partial charge in [-0.15, -0.1) is 0 Å². The molecule has 0 saturated heterocycles. The van der Waals surface area contributed by atoms with Gasteiger partial charge in [0.25, 0.3) is 5.43 Å². The minimum Gasteiger partial charge on any atom is -0.503 e. The number of aromatic hydroxyl groups is 1. The molecule has 1 aliphatic rings. The average molecular weight is 437 g/mol. The molecule has 0 spiro atoms. The summed E-state index contributed by atoms with van der Waals surface area (Å²) in [7, 11) is 0. The zero-order chi connectivity index (χ0) is 22.0. The molecule has 3 heterocycles. The largest absolute Gasteiger partial charge is 0.503 e. The highest BCUT2D eigenvalue weighted by Crippen LogP contribution is 2.40. The molecule has 4 rings (SSSR count). The van der Waals surface area contributed by atoms with E-state index in [4.69, 9.17) is 4.98 Å². The van der Waals surface area contributed by atoms with Crippen molar-refractivity contribution < 1.29 is 9.90 Å². The quantitative estimate of drug-likeness (QED) is 0.431. The first-order valence-electron chi connectivity index (χ1n) is 10.8. The number of allylic oxidation sites excluding steroid dienone is 2. The van der Waals surface area contributed by atoms with E-state index in [2.05, 4.69) is 46.2 Å². The first-order valence-corrected chi connectivity index (χ1v) is 10.8. The van der Waals surface area contributed by atoms with Crippen LogP contribution in [0.4, 0.5) is 0 Å². The number of Topliss-reactive ketones (excluding diaryl/α,β-unsaturated/α-hetero) is 1. The number of hydrogen-bond acceptors (Lipinski definition) is 5. The van der Waals surface area contributed by atoms with E-state index in [1.807, 2.05) is 6.92 Å². The highest BCUT2D eigenvalue weighted by molar-refractivity contribution is 5.92. The molecule has 0 aliphatic heterocycles. The molecule has 170 valence electrons. The maximum atomic E-state index is 12.1. The Morgan fingerprint density at radius 1 is 1.25 bits per heavy atom. The fraction of sp³-hybridized carbons (Fsp3) is 0.440. The van der Waals surface area contributed by atoms with E-state index in [1.165, 1.54) is 13.1 Å². The summed E-state index contributed by atoms with van der Waals surface area (Å²) in [5.74, 6) is -0.899. The van der Waals surface area contributed by atoms with Gasteiger partial charge in [-0.1, -0.05) is 32.4 Å². The topological polar surface area (TPSA) is 90.0 Å². The number of nitrogens with zero attached hydrogens (tertiary/aromatic N) is 4. The van der Waals surface area contributed by atoms with Crippen LogP contribution in [0.1, 0.15) is 69.6 Å². The summed E-state index contributed by atoms with van der Waals surface area (Å²) in [6.07, 6.45) is 13.5. The second-order valence-corrected chi connectivity index (χ2v) is 8.39. The number of rotatable bonds is 7. The second-order valence-electron chi connectivity index (χ2n) is 8.39. The van der Waals surface area contributed by atoms with Crippen molar-refractivity contribution in [2.45, 2.75) is 71.9 Å². The molecule has 0 atom stereocenters. The number of carbonyl (C=O) groups excluding carboxylic acids is 1. The molecule has 0 radical (unpaired) electrons. The SMILES string of the molecule is C.C/C=C/CCc1ccc2ccn(C3(Cn4cc(O)c(=O)c(C(C)=O)n4)CCCC3)c2n1. The Balaban J connectivity index is 0.00000289.